The van der Waals surface area contributed by atoms with Crippen molar-refractivity contribution in [2.45, 2.75) is 0 Å². The number of hydrogen-bond donors (Lipinski definition) is 1. The fourth-order valence-corrected chi connectivity index (χ4v) is 2.36. The molecular formula is C18H14ClNO. The number of hydrogen-bond acceptors (Lipinski definition) is 2. The van der Waals surface area contributed by atoms with Gasteiger partial charge in [0.05, 0.1) is 5.02 Å². The number of nitrogen functional groups attached to an aromatic ring is 1. The Morgan fingerprint density at radius 2 is 1.48 bits per heavy atom. The first kappa shape index (κ1) is 13.5. The molecule has 0 bridgehead atoms. The molecule has 104 valence electrons. The molecule has 0 heterocycles. The Morgan fingerprint density at radius 3 is 2.24 bits per heavy atom. The maximum absolute atomic E-state index is 6.17. The van der Waals surface area contributed by atoms with Crippen LogP contribution < -0.4 is 10.5 Å². The van der Waals surface area contributed by atoms with Crippen molar-refractivity contribution in [3.63, 3.8) is 0 Å². The van der Waals surface area contributed by atoms with E-state index in [-0.39, 0.29) is 0 Å². The minimum absolute atomic E-state index is 0.498. The second kappa shape index (κ2) is 5.90. The van der Waals surface area contributed by atoms with Crippen LogP contribution in [0.2, 0.25) is 5.02 Å². The SMILES string of the molecule is Nc1ccc(Oc2ccccc2-c2ccccc2)c(Cl)c1. The average molecular weight is 296 g/mol. The van der Waals surface area contributed by atoms with Gasteiger partial charge in [-0.1, -0.05) is 60.1 Å². The predicted octanol–water partition coefficient (Wildman–Crippen LogP) is 5.38. The summed E-state index contributed by atoms with van der Waals surface area (Å²) in [6, 6.07) is 23.2. The molecule has 2 N–H and O–H groups in total. The summed E-state index contributed by atoms with van der Waals surface area (Å²) in [4.78, 5) is 0. The van der Waals surface area contributed by atoms with Crippen LogP contribution in [0.4, 0.5) is 5.69 Å². The summed E-state index contributed by atoms with van der Waals surface area (Å²) in [6.07, 6.45) is 0. The van der Waals surface area contributed by atoms with Gasteiger partial charge in [-0.2, -0.15) is 0 Å². The third-order valence-corrected chi connectivity index (χ3v) is 3.44. The van der Waals surface area contributed by atoms with Crippen molar-refractivity contribution in [2.75, 3.05) is 5.73 Å². The Morgan fingerprint density at radius 1 is 0.762 bits per heavy atom. The van der Waals surface area contributed by atoms with Crippen molar-refractivity contribution in [3.05, 3.63) is 77.8 Å². The summed E-state index contributed by atoms with van der Waals surface area (Å²) in [5.74, 6) is 1.35. The maximum Gasteiger partial charge on any atom is 0.146 e. The highest BCUT2D eigenvalue weighted by atomic mass is 35.5. The van der Waals surface area contributed by atoms with Crippen LogP contribution in [0.3, 0.4) is 0 Å². The number of nitrogens with two attached hydrogens (primary N) is 1. The first-order valence-corrected chi connectivity index (χ1v) is 6.99. The molecule has 0 saturated carbocycles. The molecule has 0 spiro atoms. The molecule has 21 heavy (non-hydrogen) atoms. The van der Waals surface area contributed by atoms with Crippen LogP contribution in [0, 0.1) is 0 Å². The van der Waals surface area contributed by atoms with E-state index in [1.807, 2.05) is 54.6 Å². The molecule has 0 aliphatic heterocycles. The standard InChI is InChI=1S/C18H14ClNO/c19-16-12-14(20)10-11-18(16)21-17-9-5-4-8-15(17)13-6-2-1-3-7-13/h1-12H,20H2. The molecule has 0 atom stereocenters. The third-order valence-electron chi connectivity index (χ3n) is 3.15. The molecule has 2 nitrogen and oxygen atoms in total. The average Bonchev–Trinajstić information content (AvgIpc) is 2.51. The van der Waals surface area contributed by atoms with Gasteiger partial charge in [0.25, 0.3) is 0 Å². The van der Waals surface area contributed by atoms with Crippen molar-refractivity contribution >= 4 is 17.3 Å². The van der Waals surface area contributed by atoms with Crippen LogP contribution in [-0.4, -0.2) is 0 Å². The zero-order chi connectivity index (χ0) is 14.7. The van der Waals surface area contributed by atoms with E-state index in [0.29, 0.717) is 16.5 Å². The Labute approximate surface area is 128 Å². The lowest BCUT2D eigenvalue weighted by molar-refractivity contribution is 0.485. The summed E-state index contributed by atoms with van der Waals surface area (Å²) in [6.45, 7) is 0. The number of rotatable bonds is 3. The van der Waals surface area contributed by atoms with Crippen molar-refractivity contribution < 1.29 is 4.74 Å². The van der Waals surface area contributed by atoms with E-state index >= 15 is 0 Å². The van der Waals surface area contributed by atoms with E-state index in [9.17, 15) is 0 Å². The van der Waals surface area contributed by atoms with Crippen LogP contribution in [0.15, 0.2) is 72.8 Å². The number of ether oxygens (including phenoxy) is 1. The molecule has 0 aliphatic rings. The van der Waals surface area contributed by atoms with Gasteiger partial charge in [-0.3, -0.25) is 0 Å². The van der Waals surface area contributed by atoms with Crippen LogP contribution in [-0.2, 0) is 0 Å². The van der Waals surface area contributed by atoms with Crippen LogP contribution in [0.25, 0.3) is 11.1 Å². The van der Waals surface area contributed by atoms with Crippen molar-refractivity contribution in [2.24, 2.45) is 0 Å². The third kappa shape index (κ3) is 3.01. The van der Waals surface area contributed by atoms with Gasteiger partial charge in [0.15, 0.2) is 0 Å². The van der Waals surface area contributed by atoms with Gasteiger partial charge >= 0.3 is 0 Å². The Kier molecular flexibility index (Phi) is 3.80. The highest BCUT2D eigenvalue weighted by molar-refractivity contribution is 6.32. The smallest absolute Gasteiger partial charge is 0.146 e. The topological polar surface area (TPSA) is 35.2 Å². The van der Waals surface area contributed by atoms with E-state index in [0.717, 1.165) is 16.9 Å². The lowest BCUT2D eigenvalue weighted by Gasteiger charge is -2.12. The summed E-state index contributed by atoms with van der Waals surface area (Å²) in [5, 5.41) is 0.498. The molecule has 3 heteroatoms. The van der Waals surface area contributed by atoms with Crippen LogP contribution >= 0.6 is 11.6 Å². The first-order valence-electron chi connectivity index (χ1n) is 6.61. The van der Waals surface area contributed by atoms with Gasteiger partial charge in [0, 0.05) is 11.3 Å². The molecule has 0 radical (unpaired) electrons. The number of para-hydroxylation sites is 1. The fourth-order valence-electron chi connectivity index (χ4n) is 2.13. The van der Waals surface area contributed by atoms with Crippen LogP contribution in [0.1, 0.15) is 0 Å². The lowest BCUT2D eigenvalue weighted by atomic mass is 10.1. The van der Waals surface area contributed by atoms with E-state index < -0.39 is 0 Å². The molecule has 0 saturated heterocycles. The Hall–Kier alpha value is -2.45. The van der Waals surface area contributed by atoms with Gasteiger partial charge in [-0.05, 0) is 29.8 Å². The number of anilines is 1. The summed E-state index contributed by atoms with van der Waals surface area (Å²) in [7, 11) is 0. The second-order valence-corrected chi connectivity index (χ2v) is 5.06. The molecule has 0 fully saturated rings. The first-order chi connectivity index (χ1) is 10.2. The fraction of sp³-hybridized carbons (Fsp3) is 0. The van der Waals surface area contributed by atoms with Gasteiger partial charge in [-0.15, -0.1) is 0 Å². The predicted molar refractivity (Wildman–Crippen MR) is 87.8 cm³/mol. The molecule has 0 amide bonds. The van der Waals surface area contributed by atoms with E-state index in [2.05, 4.69) is 0 Å². The highest BCUT2D eigenvalue weighted by Crippen LogP contribution is 2.36. The lowest BCUT2D eigenvalue weighted by Crippen LogP contribution is -1.90. The molecule has 0 aliphatic carbocycles. The van der Waals surface area contributed by atoms with Gasteiger partial charge in [0.2, 0.25) is 0 Å². The van der Waals surface area contributed by atoms with E-state index in [1.165, 1.54) is 0 Å². The number of benzene rings is 3. The molecular weight excluding hydrogens is 282 g/mol. The quantitative estimate of drug-likeness (QED) is 0.658. The minimum Gasteiger partial charge on any atom is -0.455 e. The molecule has 3 aromatic rings. The highest BCUT2D eigenvalue weighted by Gasteiger charge is 2.09. The summed E-state index contributed by atoms with van der Waals surface area (Å²) < 4.78 is 5.96. The minimum atomic E-state index is 0.498. The Balaban J connectivity index is 2.00. The number of halogens is 1. The van der Waals surface area contributed by atoms with Crippen LogP contribution in [0.5, 0.6) is 11.5 Å². The maximum atomic E-state index is 6.17. The molecule has 0 unspecified atom stereocenters. The van der Waals surface area contributed by atoms with E-state index in [1.54, 1.807) is 18.2 Å². The normalized spacial score (nSPS) is 10.3. The van der Waals surface area contributed by atoms with E-state index in [4.69, 9.17) is 22.1 Å². The monoisotopic (exact) mass is 295 g/mol. The van der Waals surface area contributed by atoms with Crippen molar-refractivity contribution in [1.82, 2.24) is 0 Å². The largest absolute Gasteiger partial charge is 0.455 e. The molecule has 3 rings (SSSR count). The summed E-state index contributed by atoms with van der Waals surface area (Å²) >= 11 is 6.17. The second-order valence-electron chi connectivity index (χ2n) is 4.65. The summed E-state index contributed by atoms with van der Waals surface area (Å²) in [5.41, 5.74) is 8.43. The molecule has 3 aromatic carbocycles. The Bertz CT molecular complexity index is 756. The zero-order valence-electron chi connectivity index (χ0n) is 11.3. The van der Waals surface area contributed by atoms with Gasteiger partial charge < -0.3 is 10.5 Å². The van der Waals surface area contributed by atoms with Crippen molar-refractivity contribution in [3.8, 4) is 22.6 Å². The van der Waals surface area contributed by atoms with Crippen molar-refractivity contribution in [1.29, 1.82) is 0 Å². The van der Waals surface area contributed by atoms with Gasteiger partial charge in [0.1, 0.15) is 11.5 Å². The molecule has 0 aromatic heterocycles. The van der Waals surface area contributed by atoms with Gasteiger partial charge in [-0.25, -0.2) is 0 Å². The zero-order valence-corrected chi connectivity index (χ0v) is 12.0.